The van der Waals surface area contributed by atoms with Gasteiger partial charge in [0.25, 0.3) is 0 Å². The van der Waals surface area contributed by atoms with Crippen molar-refractivity contribution in [2.45, 2.75) is 51.5 Å². The van der Waals surface area contributed by atoms with E-state index < -0.39 is 11.5 Å². The van der Waals surface area contributed by atoms with Gasteiger partial charge in [0.2, 0.25) is 0 Å². The number of carbonyl (C=O) groups is 2. The van der Waals surface area contributed by atoms with Crippen molar-refractivity contribution < 1.29 is 14.7 Å². The lowest BCUT2D eigenvalue weighted by Crippen LogP contribution is -2.50. The van der Waals surface area contributed by atoms with Crippen molar-refractivity contribution in [3.05, 3.63) is 0 Å². The lowest BCUT2D eigenvalue weighted by Gasteiger charge is -2.24. The normalized spacial score (nSPS) is 16.8. The average molecular weight is 242 g/mol. The van der Waals surface area contributed by atoms with Crippen LogP contribution in [0.25, 0.3) is 0 Å². The number of nitrogens with one attached hydrogen (secondary N) is 2. The molecule has 1 saturated carbocycles. The molecule has 3 N–H and O–H groups in total. The fourth-order valence-corrected chi connectivity index (χ4v) is 2.23. The molecule has 0 heterocycles. The van der Waals surface area contributed by atoms with E-state index in [0.717, 1.165) is 0 Å². The molecule has 0 aromatic rings. The fourth-order valence-electron chi connectivity index (χ4n) is 2.23. The Morgan fingerprint density at radius 1 is 1.29 bits per heavy atom. The molecule has 0 saturated heterocycles. The molecule has 1 fully saturated rings. The van der Waals surface area contributed by atoms with Crippen molar-refractivity contribution in [2.75, 3.05) is 6.54 Å². The van der Waals surface area contributed by atoms with E-state index in [1.54, 1.807) is 13.8 Å². The second-order valence-electron chi connectivity index (χ2n) is 5.44. The summed E-state index contributed by atoms with van der Waals surface area (Å²) in [6.45, 7) is 4.10. The molecule has 1 rings (SSSR count). The molecule has 2 amide bonds. The first-order chi connectivity index (χ1) is 7.89. The van der Waals surface area contributed by atoms with E-state index in [2.05, 4.69) is 10.6 Å². The number of carbonyl (C=O) groups excluding carboxylic acids is 1. The molecule has 0 bridgehead atoms. The topological polar surface area (TPSA) is 78.4 Å². The third-order valence-electron chi connectivity index (χ3n) is 3.07. The predicted octanol–water partition coefficient (Wildman–Crippen LogP) is 1.73. The summed E-state index contributed by atoms with van der Waals surface area (Å²) in [5, 5.41) is 14.2. The van der Waals surface area contributed by atoms with Crippen molar-refractivity contribution in [2.24, 2.45) is 5.92 Å². The van der Waals surface area contributed by atoms with E-state index in [-0.39, 0.29) is 12.5 Å². The van der Waals surface area contributed by atoms with Crippen LogP contribution in [0, 0.1) is 5.92 Å². The zero-order chi connectivity index (χ0) is 12.9. The van der Waals surface area contributed by atoms with Crippen LogP contribution in [-0.2, 0) is 4.79 Å². The van der Waals surface area contributed by atoms with Gasteiger partial charge in [-0.2, -0.15) is 0 Å². The highest BCUT2D eigenvalue weighted by Gasteiger charge is 2.24. The Balaban J connectivity index is 2.25. The number of hydrogen-bond donors (Lipinski definition) is 3. The summed E-state index contributed by atoms with van der Waals surface area (Å²) < 4.78 is 0. The molecule has 0 radical (unpaired) electrons. The Kier molecular flexibility index (Phi) is 4.78. The van der Waals surface area contributed by atoms with Gasteiger partial charge in [-0.3, -0.25) is 4.79 Å². The Hall–Kier alpha value is -1.26. The molecule has 1 aliphatic carbocycles. The van der Waals surface area contributed by atoms with Gasteiger partial charge in [-0.1, -0.05) is 12.8 Å². The lowest BCUT2D eigenvalue weighted by atomic mass is 10.0. The van der Waals surface area contributed by atoms with Crippen LogP contribution in [0.5, 0.6) is 0 Å². The number of aliphatic carboxylic acids is 1. The van der Waals surface area contributed by atoms with Crippen molar-refractivity contribution in [1.29, 1.82) is 0 Å². The van der Waals surface area contributed by atoms with Gasteiger partial charge >= 0.3 is 12.0 Å². The number of hydrogen-bond acceptors (Lipinski definition) is 2. The van der Waals surface area contributed by atoms with Crippen LogP contribution in [0.15, 0.2) is 0 Å². The quantitative estimate of drug-likeness (QED) is 0.687. The molecule has 17 heavy (non-hydrogen) atoms. The Morgan fingerprint density at radius 3 is 2.41 bits per heavy atom. The molecule has 0 spiro atoms. The van der Waals surface area contributed by atoms with E-state index in [4.69, 9.17) is 5.11 Å². The first-order valence-corrected chi connectivity index (χ1v) is 6.17. The van der Waals surface area contributed by atoms with Crippen molar-refractivity contribution in [1.82, 2.24) is 10.6 Å². The van der Waals surface area contributed by atoms with E-state index in [1.807, 2.05) is 0 Å². The van der Waals surface area contributed by atoms with Crippen LogP contribution in [0.1, 0.15) is 46.0 Å². The monoisotopic (exact) mass is 242 g/mol. The largest absolute Gasteiger partial charge is 0.481 e. The highest BCUT2D eigenvalue weighted by Crippen LogP contribution is 2.23. The summed E-state index contributed by atoms with van der Waals surface area (Å²) in [7, 11) is 0. The minimum atomic E-state index is -0.911. The minimum Gasteiger partial charge on any atom is -0.481 e. The maximum atomic E-state index is 11.6. The number of rotatable bonds is 5. The molecule has 0 unspecified atom stereocenters. The van der Waals surface area contributed by atoms with E-state index in [1.165, 1.54) is 25.7 Å². The van der Waals surface area contributed by atoms with Crippen LogP contribution < -0.4 is 10.6 Å². The van der Waals surface area contributed by atoms with Crippen LogP contribution >= 0.6 is 0 Å². The molecule has 0 aromatic heterocycles. The SMILES string of the molecule is CC(C)(CC(=O)O)NC(=O)NCC1CCCC1. The highest BCUT2D eigenvalue weighted by atomic mass is 16.4. The van der Waals surface area contributed by atoms with Gasteiger partial charge in [0, 0.05) is 12.1 Å². The fraction of sp³-hybridized carbons (Fsp3) is 0.833. The third-order valence-corrected chi connectivity index (χ3v) is 3.07. The second kappa shape index (κ2) is 5.89. The zero-order valence-corrected chi connectivity index (χ0v) is 10.6. The first-order valence-electron chi connectivity index (χ1n) is 6.17. The van der Waals surface area contributed by atoms with E-state index in [9.17, 15) is 9.59 Å². The summed E-state index contributed by atoms with van der Waals surface area (Å²) >= 11 is 0. The summed E-state index contributed by atoms with van der Waals surface area (Å²) in [5.74, 6) is -0.325. The number of carboxylic acids is 1. The van der Waals surface area contributed by atoms with Crippen LogP contribution in [0.4, 0.5) is 4.79 Å². The van der Waals surface area contributed by atoms with Crippen LogP contribution in [-0.4, -0.2) is 29.2 Å². The summed E-state index contributed by atoms with van der Waals surface area (Å²) in [4.78, 5) is 22.2. The van der Waals surface area contributed by atoms with E-state index >= 15 is 0 Å². The van der Waals surface area contributed by atoms with Crippen molar-refractivity contribution in [3.8, 4) is 0 Å². The molecular weight excluding hydrogens is 220 g/mol. The highest BCUT2D eigenvalue weighted by molar-refractivity contribution is 5.76. The van der Waals surface area contributed by atoms with Crippen LogP contribution in [0.2, 0.25) is 0 Å². The maximum Gasteiger partial charge on any atom is 0.315 e. The van der Waals surface area contributed by atoms with Crippen molar-refractivity contribution in [3.63, 3.8) is 0 Å². The summed E-state index contributed by atoms with van der Waals surface area (Å²) in [5.41, 5.74) is -0.717. The second-order valence-corrected chi connectivity index (χ2v) is 5.44. The van der Waals surface area contributed by atoms with Gasteiger partial charge < -0.3 is 15.7 Å². The minimum absolute atomic E-state index is 0.0795. The zero-order valence-electron chi connectivity index (χ0n) is 10.6. The summed E-state index contributed by atoms with van der Waals surface area (Å²) in [6.07, 6.45) is 4.78. The maximum absolute atomic E-state index is 11.6. The molecule has 5 heteroatoms. The lowest BCUT2D eigenvalue weighted by molar-refractivity contribution is -0.138. The van der Waals surface area contributed by atoms with Gasteiger partial charge in [-0.05, 0) is 32.6 Å². The molecular formula is C12H22N2O3. The standard InChI is InChI=1S/C12H22N2O3/c1-12(2,7-10(15)16)14-11(17)13-8-9-5-3-4-6-9/h9H,3-8H2,1-2H3,(H,15,16)(H2,13,14,17). The Bertz CT molecular complexity index is 283. The summed E-state index contributed by atoms with van der Waals surface area (Å²) in [6, 6.07) is -0.275. The molecule has 0 aromatic carbocycles. The van der Waals surface area contributed by atoms with Gasteiger partial charge in [-0.25, -0.2) is 4.79 Å². The van der Waals surface area contributed by atoms with Gasteiger partial charge in [0.15, 0.2) is 0 Å². The Morgan fingerprint density at radius 2 is 1.88 bits per heavy atom. The molecule has 0 atom stereocenters. The molecule has 98 valence electrons. The number of urea groups is 1. The van der Waals surface area contributed by atoms with Gasteiger partial charge in [0.1, 0.15) is 0 Å². The molecule has 1 aliphatic rings. The smallest absolute Gasteiger partial charge is 0.315 e. The van der Waals surface area contributed by atoms with E-state index in [0.29, 0.717) is 12.5 Å². The van der Waals surface area contributed by atoms with Gasteiger partial charge in [0.05, 0.1) is 6.42 Å². The predicted molar refractivity (Wildman–Crippen MR) is 64.8 cm³/mol. The number of amides is 2. The van der Waals surface area contributed by atoms with Crippen molar-refractivity contribution >= 4 is 12.0 Å². The third kappa shape index (κ3) is 5.56. The van der Waals surface area contributed by atoms with Crippen LogP contribution in [0.3, 0.4) is 0 Å². The first kappa shape index (κ1) is 13.8. The average Bonchev–Trinajstić information content (AvgIpc) is 2.63. The number of carboxylic acid groups (broad SMARTS) is 1. The molecule has 0 aliphatic heterocycles. The Labute approximate surface area is 102 Å². The van der Waals surface area contributed by atoms with Gasteiger partial charge in [-0.15, -0.1) is 0 Å². The molecule has 5 nitrogen and oxygen atoms in total.